The van der Waals surface area contributed by atoms with Gasteiger partial charge in [0.1, 0.15) is 0 Å². The number of rotatable bonds is 5. The molecule has 8 heteroatoms. The van der Waals surface area contributed by atoms with Crippen molar-refractivity contribution in [2.45, 2.75) is 16.7 Å². The Bertz CT molecular complexity index is 540. The molecular weight excluding hydrogens is 301 g/mol. The SMILES string of the molecule is C[C@@](Cl)(CNS(=O)(=O)c1ccc(Cl)cc1)C(=O)O. The van der Waals surface area contributed by atoms with Crippen molar-refractivity contribution in [3.05, 3.63) is 29.3 Å². The summed E-state index contributed by atoms with van der Waals surface area (Å²) in [5, 5.41) is 9.17. The molecule has 0 aliphatic heterocycles. The van der Waals surface area contributed by atoms with Gasteiger partial charge in [-0.2, -0.15) is 0 Å². The van der Waals surface area contributed by atoms with E-state index in [0.717, 1.165) is 0 Å². The van der Waals surface area contributed by atoms with Gasteiger partial charge in [0.25, 0.3) is 0 Å². The second-order valence-corrected chi connectivity index (χ2v) is 6.82. The van der Waals surface area contributed by atoms with E-state index in [-0.39, 0.29) is 4.90 Å². The topological polar surface area (TPSA) is 83.5 Å². The van der Waals surface area contributed by atoms with Crippen LogP contribution in [-0.4, -0.2) is 30.9 Å². The highest BCUT2D eigenvalue weighted by Crippen LogP contribution is 2.17. The van der Waals surface area contributed by atoms with Crippen molar-refractivity contribution in [1.82, 2.24) is 4.72 Å². The predicted octanol–water partition coefficient (Wildman–Crippen LogP) is 1.70. The summed E-state index contributed by atoms with van der Waals surface area (Å²) < 4.78 is 25.7. The maximum Gasteiger partial charge on any atom is 0.325 e. The van der Waals surface area contributed by atoms with Gasteiger partial charge < -0.3 is 5.11 Å². The van der Waals surface area contributed by atoms with Crippen LogP contribution in [0.3, 0.4) is 0 Å². The molecule has 0 spiro atoms. The van der Waals surface area contributed by atoms with E-state index in [0.29, 0.717) is 5.02 Å². The van der Waals surface area contributed by atoms with Gasteiger partial charge in [-0.05, 0) is 31.2 Å². The number of hydrogen-bond acceptors (Lipinski definition) is 3. The first kappa shape index (κ1) is 15.2. The van der Waals surface area contributed by atoms with Gasteiger partial charge in [-0.3, -0.25) is 4.79 Å². The molecule has 0 aliphatic carbocycles. The van der Waals surface area contributed by atoms with Crippen molar-refractivity contribution in [1.29, 1.82) is 0 Å². The first-order valence-corrected chi connectivity index (χ1v) is 7.06. The third-order valence-electron chi connectivity index (χ3n) is 2.16. The van der Waals surface area contributed by atoms with Crippen molar-refractivity contribution in [3.8, 4) is 0 Å². The fourth-order valence-corrected chi connectivity index (χ4v) is 2.42. The fourth-order valence-electron chi connectivity index (χ4n) is 1.00. The highest BCUT2D eigenvalue weighted by molar-refractivity contribution is 7.89. The van der Waals surface area contributed by atoms with Crippen molar-refractivity contribution in [2.24, 2.45) is 0 Å². The second-order valence-electron chi connectivity index (χ2n) is 3.78. The Morgan fingerprint density at radius 2 is 1.89 bits per heavy atom. The molecule has 0 aliphatic rings. The number of halogens is 2. The fraction of sp³-hybridized carbons (Fsp3) is 0.300. The van der Waals surface area contributed by atoms with Gasteiger partial charge >= 0.3 is 5.97 Å². The molecule has 1 atom stereocenters. The molecular formula is C10H11Cl2NO4S. The highest BCUT2D eigenvalue weighted by atomic mass is 35.5. The molecule has 0 saturated carbocycles. The first-order chi connectivity index (χ1) is 8.15. The van der Waals surface area contributed by atoms with Crippen LogP contribution in [0.5, 0.6) is 0 Å². The minimum atomic E-state index is -3.80. The third kappa shape index (κ3) is 3.84. The number of carboxylic acids is 1. The second kappa shape index (κ2) is 5.44. The van der Waals surface area contributed by atoms with Crippen LogP contribution < -0.4 is 4.72 Å². The van der Waals surface area contributed by atoms with Gasteiger partial charge in [0, 0.05) is 11.6 Å². The average molecular weight is 312 g/mol. The smallest absolute Gasteiger partial charge is 0.325 e. The summed E-state index contributed by atoms with van der Waals surface area (Å²) >= 11 is 11.3. The monoisotopic (exact) mass is 311 g/mol. The van der Waals surface area contributed by atoms with E-state index in [4.69, 9.17) is 28.3 Å². The predicted molar refractivity (Wildman–Crippen MR) is 68.5 cm³/mol. The molecule has 0 fully saturated rings. The van der Waals surface area contributed by atoms with Gasteiger partial charge in [-0.25, -0.2) is 13.1 Å². The molecule has 2 N–H and O–H groups in total. The van der Waals surface area contributed by atoms with Gasteiger partial charge in [0.15, 0.2) is 4.87 Å². The molecule has 5 nitrogen and oxygen atoms in total. The third-order valence-corrected chi connectivity index (χ3v) is 4.13. The quantitative estimate of drug-likeness (QED) is 0.811. The van der Waals surface area contributed by atoms with Gasteiger partial charge in [0.05, 0.1) is 4.90 Å². The van der Waals surface area contributed by atoms with Gasteiger partial charge in [0.2, 0.25) is 10.0 Å². The minimum absolute atomic E-state index is 0.00949. The lowest BCUT2D eigenvalue weighted by molar-refractivity contribution is -0.139. The summed E-state index contributed by atoms with van der Waals surface area (Å²) in [6, 6.07) is 5.48. The van der Waals surface area contributed by atoms with Crippen LogP contribution in [-0.2, 0) is 14.8 Å². The zero-order valence-electron chi connectivity index (χ0n) is 9.35. The number of benzene rings is 1. The normalized spacial score (nSPS) is 15.1. The average Bonchev–Trinajstić information content (AvgIpc) is 2.27. The Labute approximate surface area is 115 Å². The summed E-state index contributed by atoms with van der Waals surface area (Å²) in [4.78, 5) is 9.03. The Hall–Kier alpha value is -0.820. The van der Waals surface area contributed by atoms with E-state index in [1.165, 1.54) is 31.2 Å². The van der Waals surface area contributed by atoms with Crippen LogP contribution in [0.15, 0.2) is 29.2 Å². The Balaban J connectivity index is 2.84. The molecule has 0 unspecified atom stereocenters. The molecule has 0 saturated heterocycles. The van der Waals surface area contributed by atoms with Crippen molar-refractivity contribution in [3.63, 3.8) is 0 Å². The molecule has 0 aromatic heterocycles. The Morgan fingerprint density at radius 1 is 1.39 bits per heavy atom. The lowest BCUT2D eigenvalue weighted by Crippen LogP contribution is -2.42. The van der Waals surface area contributed by atoms with Crippen molar-refractivity contribution < 1.29 is 18.3 Å². The van der Waals surface area contributed by atoms with Crippen LogP contribution in [0.4, 0.5) is 0 Å². The standard InChI is InChI=1S/C10H11Cl2NO4S/c1-10(12,9(14)15)6-13-18(16,17)8-4-2-7(11)3-5-8/h2-5,13H,6H2,1H3,(H,14,15)/t10-/m1/s1. The molecule has 100 valence electrons. The summed E-state index contributed by atoms with van der Waals surface area (Å²) in [7, 11) is -3.80. The van der Waals surface area contributed by atoms with Gasteiger partial charge in [-0.1, -0.05) is 11.6 Å². The minimum Gasteiger partial charge on any atom is -0.480 e. The molecule has 1 aromatic carbocycles. The molecule has 0 radical (unpaired) electrons. The number of carboxylic acid groups (broad SMARTS) is 1. The molecule has 0 bridgehead atoms. The van der Waals surface area contributed by atoms with E-state index in [9.17, 15) is 13.2 Å². The molecule has 0 heterocycles. The summed E-state index contributed by atoms with van der Waals surface area (Å²) in [5.41, 5.74) is 0. The number of nitrogens with one attached hydrogen (secondary N) is 1. The highest BCUT2D eigenvalue weighted by Gasteiger charge is 2.32. The molecule has 18 heavy (non-hydrogen) atoms. The number of aliphatic carboxylic acids is 1. The van der Waals surface area contributed by atoms with Crippen LogP contribution in [0.2, 0.25) is 5.02 Å². The summed E-state index contributed by atoms with van der Waals surface area (Å²) in [6.07, 6.45) is 0. The van der Waals surface area contributed by atoms with Crippen LogP contribution in [0.25, 0.3) is 0 Å². The van der Waals surface area contributed by atoms with Crippen LogP contribution in [0, 0.1) is 0 Å². The number of alkyl halides is 1. The largest absolute Gasteiger partial charge is 0.480 e. The Kier molecular flexibility index (Phi) is 4.61. The van der Waals surface area contributed by atoms with Crippen molar-refractivity contribution in [2.75, 3.05) is 6.54 Å². The zero-order valence-corrected chi connectivity index (χ0v) is 11.7. The van der Waals surface area contributed by atoms with E-state index < -0.39 is 27.4 Å². The van der Waals surface area contributed by atoms with E-state index in [2.05, 4.69) is 4.72 Å². The molecule has 0 amide bonds. The number of sulfonamides is 1. The first-order valence-electron chi connectivity index (χ1n) is 4.83. The summed E-state index contributed by atoms with van der Waals surface area (Å²) in [5.74, 6) is -1.30. The maximum absolute atomic E-state index is 11.8. The van der Waals surface area contributed by atoms with E-state index in [1.54, 1.807) is 0 Å². The maximum atomic E-state index is 11.8. The number of carbonyl (C=O) groups is 1. The van der Waals surface area contributed by atoms with E-state index in [1.807, 2.05) is 0 Å². The molecule has 1 rings (SSSR count). The van der Waals surface area contributed by atoms with Gasteiger partial charge in [-0.15, -0.1) is 11.6 Å². The Morgan fingerprint density at radius 3 is 2.33 bits per heavy atom. The molecule has 1 aromatic rings. The zero-order chi connectivity index (χ0) is 14.0. The lowest BCUT2D eigenvalue weighted by Gasteiger charge is -2.17. The van der Waals surface area contributed by atoms with Crippen LogP contribution >= 0.6 is 23.2 Å². The summed E-state index contributed by atoms with van der Waals surface area (Å²) in [6.45, 7) is 0.788. The van der Waals surface area contributed by atoms with E-state index >= 15 is 0 Å². The lowest BCUT2D eigenvalue weighted by atomic mass is 10.2. The number of hydrogen-bond donors (Lipinski definition) is 2. The van der Waals surface area contributed by atoms with Crippen molar-refractivity contribution >= 4 is 39.2 Å². The van der Waals surface area contributed by atoms with Crippen LogP contribution in [0.1, 0.15) is 6.92 Å².